The second-order valence-electron chi connectivity index (χ2n) is 5.45. The first kappa shape index (κ1) is 16.5. The lowest BCUT2D eigenvalue weighted by Crippen LogP contribution is -2.27. The highest BCUT2D eigenvalue weighted by molar-refractivity contribution is 7.22. The highest BCUT2D eigenvalue weighted by Gasteiger charge is 2.32. The molecular weight excluding hydrogens is 324 g/mol. The van der Waals surface area contributed by atoms with Crippen LogP contribution in [0, 0.1) is 5.82 Å². The molecule has 0 saturated heterocycles. The van der Waals surface area contributed by atoms with Crippen molar-refractivity contribution in [1.29, 1.82) is 0 Å². The summed E-state index contributed by atoms with van der Waals surface area (Å²) in [5, 5.41) is 2.23. The first-order chi connectivity index (χ1) is 9.95. The van der Waals surface area contributed by atoms with Crippen LogP contribution < -0.4 is 5.32 Å². The van der Waals surface area contributed by atoms with Crippen LogP contribution in [0.3, 0.4) is 0 Å². The highest BCUT2D eigenvalue weighted by atomic mass is 32.1. The normalized spacial score (nSPS) is 12.5. The number of thiazole rings is 1. The Morgan fingerprint density at radius 1 is 1.27 bits per heavy atom. The van der Waals surface area contributed by atoms with E-state index in [1.165, 1.54) is 0 Å². The molecule has 0 saturated carbocycles. The Bertz CT molecular complexity index is 719. The van der Waals surface area contributed by atoms with Crippen molar-refractivity contribution in [1.82, 2.24) is 4.98 Å². The van der Waals surface area contributed by atoms with Crippen LogP contribution in [0.15, 0.2) is 12.1 Å². The Morgan fingerprint density at radius 2 is 1.91 bits per heavy atom. The molecule has 0 fully saturated rings. The van der Waals surface area contributed by atoms with Gasteiger partial charge in [0.25, 0.3) is 0 Å². The van der Waals surface area contributed by atoms with Gasteiger partial charge in [0.2, 0.25) is 0 Å². The number of rotatable bonds is 1. The van der Waals surface area contributed by atoms with Gasteiger partial charge >= 0.3 is 12.3 Å². The predicted octanol–water partition coefficient (Wildman–Crippen LogP) is 4.80. The van der Waals surface area contributed by atoms with E-state index >= 15 is 0 Å². The molecule has 2 aromatic rings. The predicted molar refractivity (Wildman–Crippen MR) is 74.4 cm³/mol. The van der Waals surface area contributed by atoms with Gasteiger partial charge in [-0.2, -0.15) is 13.2 Å². The number of fused-ring (bicyclic) bond motifs is 1. The van der Waals surface area contributed by atoms with Crippen LogP contribution in [0.25, 0.3) is 10.2 Å². The van der Waals surface area contributed by atoms with Gasteiger partial charge in [0, 0.05) is 0 Å². The smallest absolute Gasteiger partial charge is 0.416 e. The number of alkyl halides is 3. The Labute approximate surface area is 127 Å². The number of hydrogen-bond donors (Lipinski definition) is 1. The van der Waals surface area contributed by atoms with Gasteiger partial charge in [-0.05, 0) is 32.9 Å². The second kappa shape index (κ2) is 5.38. The standard InChI is InChI=1S/C13H12F4N2O2S/c1-12(2,3)21-11(20)19-10-18-9-7(14)4-6(13(15,16)17)5-8(9)22-10/h4-5H,1-3H3,(H,18,19,20). The molecule has 1 N–H and O–H groups in total. The molecule has 1 heterocycles. The van der Waals surface area contributed by atoms with Crippen LogP contribution in [0.5, 0.6) is 0 Å². The molecule has 9 heteroatoms. The fourth-order valence-corrected chi connectivity index (χ4v) is 2.50. The van der Waals surface area contributed by atoms with Gasteiger partial charge in [0.05, 0.1) is 10.3 Å². The Hall–Kier alpha value is -1.90. The molecule has 1 amide bonds. The maximum absolute atomic E-state index is 13.7. The lowest BCUT2D eigenvalue weighted by Gasteiger charge is -2.18. The zero-order valence-electron chi connectivity index (χ0n) is 11.8. The van der Waals surface area contributed by atoms with Crippen molar-refractivity contribution in [3.8, 4) is 0 Å². The third kappa shape index (κ3) is 3.85. The summed E-state index contributed by atoms with van der Waals surface area (Å²) < 4.78 is 56.6. The number of hydrogen-bond acceptors (Lipinski definition) is 4. The van der Waals surface area contributed by atoms with Crippen molar-refractivity contribution in [2.75, 3.05) is 5.32 Å². The van der Waals surface area contributed by atoms with Gasteiger partial charge in [0.1, 0.15) is 11.1 Å². The molecule has 0 spiro atoms. The Balaban J connectivity index is 2.31. The molecular formula is C13H12F4N2O2S. The molecule has 4 nitrogen and oxygen atoms in total. The van der Waals surface area contributed by atoms with Crippen LogP contribution in [-0.2, 0) is 10.9 Å². The lowest BCUT2D eigenvalue weighted by molar-refractivity contribution is -0.137. The number of halogens is 4. The maximum atomic E-state index is 13.7. The summed E-state index contributed by atoms with van der Waals surface area (Å²) in [5.41, 5.74) is -2.08. The Kier molecular flexibility index (Phi) is 4.03. The number of anilines is 1. The molecule has 0 aliphatic carbocycles. The summed E-state index contributed by atoms with van der Waals surface area (Å²) in [7, 11) is 0. The Morgan fingerprint density at radius 3 is 2.45 bits per heavy atom. The monoisotopic (exact) mass is 336 g/mol. The van der Waals surface area contributed by atoms with E-state index in [0.29, 0.717) is 6.07 Å². The summed E-state index contributed by atoms with van der Waals surface area (Å²) in [6.45, 7) is 4.96. The molecule has 120 valence electrons. The molecule has 22 heavy (non-hydrogen) atoms. The lowest BCUT2D eigenvalue weighted by atomic mass is 10.2. The first-order valence-electron chi connectivity index (χ1n) is 6.13. The third-order valence-electron chi connectivity index (χ3n) is 2.38. The highest BCUT2D eigenvalue weighted by Crippen LogP contribution is 2.35. The number of carbonyl (C=O) groups excluding carboxylic acids is 1. The van der Waals surface area contributed by atoms with E-state index in [1.54, 1.807) is 20.8 Å². The second-order valence-corrected chi connectivity index (χ2v) is 6.48. The van der Waals surface area contributed by atoms with Crippen LogP contribution in [0.1, 0.15) is 26.3 Å². The molecule has 0 radical (unpaired) electrons. The van der Waals surface area contributed by atoms with Crippen LogP contribution in [-0.4, -0.2) is 16.7 Å². The topological polar surface area (TPSA) is 51.2 Å². The van der Waals surface area contributed by atoms with Crippen molar-refractivity contribution >= 4 is 32.8 Å². The number of nitrogens with one attached hydrogen (secondary N) is 1. The van der Waals surface area contributed by atoms with Gasteiger partial charge in [0.15, 0.2) is 10.9 Å². The summed E-state index contributed by atoms with van der Waals surface area (Å²) >= 11 is 0.733. The van der Waals surface area contributed by atoms with Gasteiger partial charge in [-0.3, -0.25) is 5.32 Å². The zero-order valence-corrected chi connectivity index (χ0v) is 12.7. The van der Waals surface area contributed by atoms with Crippen LogP contribution in [0.2, 0.25) is 0 Å². The molecule has 0 aliphatic heterocycles. The molecule has 1 aromatic carbocycles. The number of carbonyl (C=O) groups is 1. The third-order valence-corrected chi connectivity index (χ3v) is 3.30. The summed E-state index contributed by atoms with van der Waals surface area (Å²) in [4.78, 5) is 15.3. The quantitative estimate of drug-likeness (QED) is 0.761. The zero-order chi connectivity index (χ0) is 16.7. The number of nitrogens with zero attached hydrogens (tertiary/aromatic N) is 1. The van der Waals surface area contributed by atoms with E-state index < -0.39 is 29.3 Å². The van der Waals surface area contributed by atoms with Gasteiger partial charge < -0.3 is 4.74 Å². The van der Waals surface area contributed by atoms with Gasteiger partial charge in [-0.15, -0.1) is 0 Å². The van der Waals surface area contributed by atoms with Crippen molar-refractivity contribution < 1.29 is 27.1 Å². The minimum atomic E-state index is -4.65. The average molecular weight is 336 g/mol. The minimum Gasteiger partial charge on any atom is -0.444 e. The van der Waals surface area contributed by atoms with Crippen LogP contribution >= 0.6 is 11.3 Å². The summed E-state index contributed by atoms with van der Waals surface area (Å²) in [5.74, 6) is -1.10. The minimum absolute atomic E-state index is 0.0154. The molecule has 0 unspecified atom stereocenters. The fourth-order valence-electron chi connectivity index (χ4n) is 1.60. The average Bonchev–Trinajstić information content (AvgIpc) is 2.67. The molecule has 0 bridgehead atoms. The maximum Gasteiger partial charge on any atom is 0.416 e. The van der Waals surface area contributed by atoms with E-state index in [4.69, 9.17) is 4.74 Å². The SMILES string of the molecule is CC(C)(C)OC(=O)Nc1nc2c(F)cc(C(F)(F)F)cc2s1. The van der Waals surface area contributed by atoms with E-state index in [2.05, 4.69) is 10.3 Å². The summed E-state index contributed by atoms with van der Waals surface area (Å²) in [6.07, 6.45) is -5.47. The van der Waals surface area contributed by atoms with Gasteiger partial charge in [-0.25, -0.2) is 14.2 Å². The van der Waals surface area contributed by atoms with Crippen molar-refractivity contribution in [3.63, 3.8) is 0 Å². The largest absolute Gasteiger partial charge is 0.444 e. The molecule has 2 rings (SSSR count). The number of aromatic nitrogens is 1. The molecule has 1 aromatic heterocycles. The van der Waals surface area contributed by atoms with E-state index in [-0.39, 0.29) is 15.3 Å². The molecule has 0 aliphatic rings. The van der Waals surface area contributed by atoms with E-state index in [1.807, 2.05) is 0 Å². The van der Waals surface area contributed by atoms with Crippen molar-refractivity contribution in [2.24, 2.45) is 0 Å². The number of ether oxygens (including phenoxy) is 1. The van der Waals surface area contributed by atoms with Crippen molar-refractivity contribution in [2.45, 2.75) is 32.5 Å². The first-order valence-corrected chi connectivity index (χ1v) is 6.94. The molecule has 0 atom stereocenters. The number of amides is 1. The summed E-state index contributed by atoms with van der Waals surface area (Å²) in [6, 6.07) is 1.16. The van der Waals surface area contributed by atoms with Gasteiger partial charge in [-0.1, -0.05) is 11.3 Å². The number of benzene rings is 1. The van der Waals surface area contributed by atoms with E-state index in [0.717, 1.165) is 17.4 Å². The van der Waals surface area contributed by atoms with E-state index in [9.17, 15) is 22.4 Å². The fraction of sp³-hybridized carbons (Fsp3) is 0.385. The van der Waals surface area contributed by atoms with Crippen molar-refractivity contribution in [3.05, 3.63) is 23.5 Å². The van der Waals surface area contributed by atoms with Crippen LogP contribution in [0.4, 0.5) is 27.5 Å².